The molecule has 0 radical (unpaired) electrons. The molecule has 1 aromatic rings. The van der Waals surface area contributed by atoms with Crippen LogP contribution in [-0.4, -0.2) is 26.6 Å². The summed E-state index contributed by atoms with van der Waals surface area (Å²) in [4.78, 5) is 22.7. The van der Waals surface area contributed by atoms with Gasteiger partial charge in [-0.25, -0.2) is 0 Å². The third kappa shape index (κ3) is 2.19. The number of anilines is 1. The lowest BCUT2D eigenvalue weighted by Crippen LogP contribution is -2.29. The first-order chi connectivity index (χ1) is 7.68. The van der Waals surface area contributed by atoms with Crippen LogP contribution in [0.1, 0.15) is 19.3 Å². The molecule has 0 bridgehead atoms. The Bertz CT molecular complexity index is 393. The first kappa shape index (κ1) is 11.0. The molecule has 2 rings (SSSR count). The lowest BCUT2D eigenvalue weighted by Gasteiger charge is -2.14. The van der Waals surface area contributed by atoms with Crippen LogP contribution in [0, 0.1) is 11.8 Å². The fraction of sp³-hybridized carbons (Fsp3) is 0.556. The molecule has 16 heavy (non-hydrogen) atoms. The van der Waals surface area contributed by atoms with Crippen LogP contribution in [-0.2, 0) is 9.59 Å². The summed E-state index contributed by atoms with van der Waals surface area (Å²) in [5.41, 5.74) is 0. The number of carbonyl (C=O) groups excluding carboxylic acids is 1. The van der Waals surface area contributed by atoms with Crippen LogP contribution in [0.25, 0.3) is 0 Å². The standard InChI is InChI=1S/C9H11N3O3S/c13-8(11-7-4-10-12-16-7)5-2-1-3-6(5)9(14)15/h4-6H,1-3H2,(H,11,13)(H,14,15)/t5-,6+/m1/s1. The van der Waals surface area contributed by atoms with Gasteiger partial charge in [-0.1, -0.05) is 10.9 Å². The number of nitrogens with one attached hydrogen (secondary N) is 1. The van der Waals surface area contributed by atoms with Gasteiger partial charge in [0.25, 0.3) is 0 Å². The fourth-order valence-electron chi connectivity index (χ4n) is 2.01. The van der Waals surface area contributed by atoms with Gasteiger partial charge in [0, 0.05) is 11.5 Å². The number of carboxylic acid groups (broad SMARTS) is 1. The summed E-state index contributed by atoms with van der Waals surface area (Å²) < 4.78 is 3.62. The second kappa shape index (κ2) is 4.56. The summed E-state index contributed by atoms with van der Waals surface area (Å²) in [5, 5.41) is 15.7. The van der Waals surface area contributed by atoms with Crippen molar-refractivity contribution >= 4 is 28.4 Å². The molecule has 1 fully saturated rings. The SMILES string of the molecule is O=C(O)[C@H]1CCC[C@H]1C(=O)Nc1cnns1. The van der Waals surface area contributed by atoms with Gasteiger partial charge in [0.05, 0.1) is 18.0 Å². The number of nitrogens with zero attached hydrogens (tertiary/aromatic N) is 2. The summed E-state index contributed by atoms with van der Waals surface area (Å²) in [5.74, 6) is -2.11. The topological polar surface area (TPSA) is 92.2 Å². The molecule has 1 amide bonds. The maximum Gasteiger partial charge on any atom is 0.307 e. The van der Waals surface area contributed by atoms with Crippen LogP contribution >= 0.6 is 11.5 Å². The lowest BCUT2D eigenvalue weighted by molar-refractivity contribution is -0.145. The highest BCUT2D eigenvalue weighted by Gasteiger charge is 2.37. The van der Waals surface area contributed by atoms with Gasteiger partial charge in [0.1, 0.15) is 5.00 Å². The molecule has 1 heterocycles. The quantitative estimate of drug-likeness (QED) is 0.822. The van der Waals surface area contributed by atoms with E-state index in [0.29, 0.717) is 17.8 Å². The first-order valence-corrected chi connectivity index (χ1v) is 5.77. The van der Waals surface area contributed by atoms with Crippen LogP contribution in [0.2, 0.25) is 0 Å². The van der Waals surface area contributed by atoms with Crippen molar-refractivity contribution in [2.75, 3.05) is 5.32 Å². The number of aromatic nitrogens is 2. The predicted molar refractivity (Wildman–Crippen MR) is 57.0 cm³/mol. The maximum atomic E-state index is 11.8. The molecule has 2 atom stereocenters. The molecule has 1 aromatic heterocycles. The highest BCUT2D eigenvalue weighted by molar-refractivity contribution is 7.10. The third-order valence-corrected chi connectivity index (χ3v) is 3.36. The molecular formula is C9H11N3O3S. The van der Waals surface area contributed by atoms with E-state index < -0.39 is 17.8 Å². The molecule has 0 spiro atoms. The number of hydrogen-bond donors (Lipinski definition) is 2. The van der Waals surface area contributed by atoms with Crippen molar-refractivity contribution in [2.24, 2.45) is 11.8 Å². The van der Waals surface area contributed by atoms with Gasteiger partial charge >= 0.3 is 5.97 Å². The summed E-state index contributed by atoms with van der Waals surface area (Å²) in [6.45, 7) is 0. The third-order valence-electron chi connectivity index (χ3n) is 2.78. The van der Waals surface area contributed by atoms with Crippen molar-refractivity contribution in [2.45, 2.75) is 19.3 Å². The van der Waals surface area contributed by atoms with E-state index in [1.807, 2.05) is 0 Å². The van der Waals surface area contributed by atoms with Crippen molar-refractivity contribution in [1.82, 2.24) is 9.59 Å². The molecule has 1 aliphatic rings. The van der Waals surface area contributed by atoms with E-state index in [-0.39, 0.29) is 5.91 Å². The Morgan fingerprint density at radius 2 is 2.19 bits per heavy atom. The Morgan fingerprint density at radius 3 is 2.81 bits per heavy atom. The number of carbonyl (C=O) groups is 2. The molecular weight excluding hydrogens is 230 g/mol. The average molecular weight is 241 g/mol. The summed E-state index contributed by atoms with van der Waals surface area (Å²) >= 11 is 1.08. The number of aliphatic carboxylic acids is 1. The second-order valence-electron chi connectivity index (χ2n) is 3.75. The van der Waals surface area contributed by atoms with Crippen molar-refractivity contribution in [3.8, 4) is 0 Å². The molecule has 0 saturated heterocycles. The van der Waals surface area contributed by atoms with Gasteiger partial charge < -0.3 is 10.4 Å². The van der Waals surface area contributed by atoms with E-state index in [4.69, 9.17) is 5.11 Å². The zero-order chi connectivity index (χ0) is 11.5. The monoisotopic (exact) mass is 241 g/mol. The van der Waals surface area contributed by atoms with Gasteiger partial charge in [0.15, 0.2) is 0 Å². The normalized spacial score (nSPS) is 24.2. The largest absolute Gasteiger partial charge is 0.481 e. The van der Waals surface area contributed by atoms with Crippen LogP contribution in [0.15, 0.2) is 6.20 Å². The molecule has 1 saturated carbocycles. The molecule has 6 nitrogen and oxygen atoms in total. The summed E-state index contributed by atoms with van der Waals surface area (Å²) in [6.07, 6.45) is 3.45. The number of rotatable bonds is 3. The molecule has 0 aliphatic heterocycles. The highest BCUT2D eigenvalue weighted by Crippen LogP contribution is 2.32. The summed E-state index contributed by atoms with van der Waals surface area (Å²) in [6, 6.07) is 0. The van der Waals surface area contributed by atoms with Crippen molar-refractivity contribution < 1.29 is 14.7 Å². The second-order valence-corrected chi connectivity index (χ2v) is 4.54. The van der Waals surface area contributed by atoms with Gasteiger partial charge in [0.2, 0.25) is 5.91 Å². The zero-order valence-corrected chi connectivity index (χ0v) is 9.24. The minimum absolute atomic E-state index is 0.240. The van der Waals surface area contributed by atoms with E-state index in [9.17, 15) is 9.59 Å². The molecule has 1 aliphatic carbocycles. The van der Waals surface area contributed by atoms with E-state index in [2.05, 4.69) is 14.9 Å². The van der Waals surface area contributed by atoms with Crippen molar-refractivity contribution in [3.63, 3.8) is 0 Å². The molecule has 0 aromatic carbocycles. The minimum atomic E-state index is -0.889. The number of hydrogen-bond acceptors (Lipinski definition) is 5. The van der Waals surface area contributed by atoms with Gasteiger partial charge in [-0.05, 0) is 12.8 Å². The molecule has 7 heteroatoms. The summed E-state index contributed by atoms with van der Waals surface area (Å²) in [7, 11) is 0. The Labute approximate surface area is 95.8 Å². The van der Waals surface area contributed by atoms with E-state index in [1.165, 1.54) is 6.20 Å². The lowest BCUT2D eigenvalue weighted by atomic mass is 9.95. The Morgan fingerprint density at radius 1 is 1.44 bits per heavy atom. The van der Waals surface area contributed by atoms with Crippen molar-refractivity contribution in [1.29, 1.82) is 0 Å². The maximum absolute atomic E-state index is 11.8. The van der Waals surface area contributed by atoms with Crippen LogP contribution in [0.4, 0.5) is 5.00 Å². The van der Waals surface area contributed by atoms with Gasteiger partial charge in [-0.2, -0.15) is 0 Å². The van der Waals surface area contributed by atoms with E-state index >= 15 is 0 Å². The molecule has 0 unspecified atom stereocenters. The Hall–Kier alpha value is -1.50. The van der Waals surface area contributed by atoms with Gasteiger partial charge in [-0.15, -0.1) is 5.10 Å². The average Bonchev–Trinajstić information content (AvgIpc) is 2.86. The molecule has 2 N–H and O–H groups in total. The van der Waals surface area contributed by atoms with E-state index in [0.717, 1.165) is 18.0 Å². The van der Waals surface area contributed by atoms with Crippen LogP contribution in [0.3, 0.4) is 0 Å². The Kier molecular flexibility index (Phi) is 3.14. The minimum Gasteiger partial charge on any atom is -0.481 e. The smallest absolute Gasteiger partial charge is 0.307 e. The fourth-order valence-corrected chi connectivity index (χ4v) is 2.43. The highest BCUT2D eigenvalue weighted by atomic mass is 32.1. The molecule has 86 valence electrons. The van der Waals surface area contributed by atoms with Crippen LogP contribution in [0.5, 0.6) is 0 Å². The van der Waals surface area contributed by atoms with E-state index in [1.54, 1.807) is 0 Å². The number of carboxylic acids is 1. The van der Waals surface area contributed by atoms with Crippen LogP contribution < -0.4 is 5.32 Å². The first-order valence-electron chi connectivity index (χ1n) is 4.99. The predicted octanol–water partition coefficient (Wildman–Crippen LogP) is 0.977. The number of amides is 1. The Balaban J connectivity index is 2.01. The van der Waals surface area contributed by atoms with Crippen molar-refractivity contribution in [3.05, 3.63) is 6.20 Å². The van der Waals surface area contributed by atoms with Gasteiger partial charge in [-0.3, -0.25) is 9.59 Å². The zero-order valence-electron chi connectivity index (χ0n) is 8.42.